The van der Waals surface area contributed by atoms with Crippen LogP contribution in [0.25, 0.3) is 0 Å². The molecule has 0 saturated heterocycles. The highest BCUT2D eigenvalue weighted by Crippen LogP contribution is 2.24. The summed E-state index contributed by atoms with van der Waals surface area (Å²) in [7, 11) is 0. The molecule has 74 valence electrons. The molecule has 0 aromatic heterocycles. The fraction of sp³-hybridized carbons (Fsp3) is 0.111. The number of carboxylic acid groups (broad SMARTS) is 1. The molecule has 1 rings (SSSR count). The average molecular weight is 231 g/mol. The van der Waals surface area contributed by atoms with Crippen molar-refractivity contribution in [1.29, 1.82) is 0 Å². The lowest BCUT2D eigenvalue weighted by Gasteiger charge is -2.03. The fourth-order valence-corrected chi connectivity index (χ4v) is 1.72. The third-order valence-electron chi connectivity index (χ3n) is 1.60. The first-order chi connectivity index (χ1) is 6.56. The number of ketones is 1. The summed E-state index contributed by atoms with van der Waals surface area (Å²) >= 11 is 6.98. The average Bonchev–Trinajstić information content (AvgIpc) is 2.16. The monoisotopic (exact) mass is 230 g/mol. The van der Waals surface area contributed by atoms with Gasteiger partial charge in [-0.3, -0.25) is 4.79 Å². The number of hydrogen-bond acceptors (Lipinski definition) is 3. The zero-order valence-electron chi connectivity index (χ0n) is 7.28. The van der Waals surface area contributed by atoms with Crippen molar-refractivity contribution in [2.24, 2.45) is 0 Å². The number of aliphatic carboxylic acids is 1. The summed E-state index contributed by atoms with van der Waals surface area (Å²) in [4.78, 5) is 22.3. The lowest BCUT2D eigenvalue weighted by molar-refractivity contribution is -0.131. The molecule has 0 aliphatic carbocycles. The van der Waals surface area contributed by atoms with Gasteiger partial charge in [0.25, 0.3) is 5.78 Å². The summed E-state index contributed by atoms with van der Waals surface area (Å²) in [5.41, 5.74) is 0.137. The number of benzene rings is 1. The van der Waals surface area contributed by atoms with Crippen molar-refractivity contribution >= 4 is 35.1 Å². The van der Waals surface area contributed by atoms with Gasteiger partial charge < -0.3 is 5.11 Å². The third kappa shape index (κ3) is 2.27. The van der Waals surface area contributed by atoms with Gasteiger partial charge in [0.2, 0.25) is 0 Å². The topological polar surface area (TPSA) is 54.4 Å². The molecule has 1 N–H and O–H groups in total. The number of carboxylic acids is 1. The molecule has 0 aliphatic rings. The van der Waals surface area contributed by atoms with E-state index in [1.54, 1.807) is 18.4 Å². The molecule has 0 aliphatic heterocycles. The molecular formula is C9H7ClO3S. The van der Waals surface area contributed by atoms with Crippen molar-refractivity contribution in [2.45, 2.75) is 4.90 Å². The Morgan fingerprint density at radius 3 is 2.57 bits per heavy atom. The van der Waals surface area contributed by atoms with E-state index in [2.05, 4.69) is 0 Å². The summed E-state index contributed by atoms with van der Waals surface area (Å²) in [6, 6.07) is 4.61. The third-order valence-corrected chi connectivity index (χ3v) is 2.63. The van der Waals surface area contributed by atoms with E-state index >= 15 is 0 Å². The zero-order chi connectivity index (χ0) is 10.7. The van der Waals surface area contributed by atoms with Crippen LogP contribution < -0.4 is 0 Å². The lowest BCUT2D eigenvalue weighted by Crippen LogP contribution is -2.13. The smallest absolute Gasteiger partial charge is 0.377 e. The van der Waals surface area contributed by atoms with Crippen molar-refractivity contribution in [3.05, 3.63) is 28.8 Å². The predicted octanol–water partition coefficient (Wildman–Crippen LogP) is 2.33. The largest absolute Gasteiger partial charge is 0.475 e. The fourth-order valence-electron chi connectivity index (χ4n) is 0.973. The second kappa shape index (κ2) is 4.48. The van der Waals surface area contributed by atoms with Crippen LogP contribution in [0.2, 0.25) is 5.02 Å². The molecule has 14 heavy (non-hydrogen) atoms. The molecule has 0 amide bonds. The number of halogens is 1. The minimum absolute atomic E-state index is 0.137. The minimum atomic E-state index is -1.47. The molecule has 1 aromatic carbocycles. The maximum absolute atomic E-state index is 11.2. The molecule has 0 heterocycles. The van der Waals surface area contributed by atoms with E-state index < -0.39 is 11.8 Å². The first-order valence-electron chi connectivity index (χ1n) is 3.67. The van der Waals surface area contributed by atoms with Crippen LogP contribution in [0.5, 0.6) is 0 Å². The number of rotatable bonds is 3. The molecule has 1 aromatic rings. The Balaban J connectivity index is 3.23. The highest BCUT2D eigenvalue weighted by Gasteiger charge is 2.18. The van der Waals surface area contributed by atoms with Crippen molar-refractivity contribution in [3.8, 4) is 0 Å². The summed E-state index contributed by atoms with van der Waals surface area (Å²) < 4.78 is 0. The van der Waals surface area contributed by atoms with Crippen LogP contribution in [0.4, 0.5) is 0 Å². The number of hydrogen-bond donors (Lipinski definition) is 1. The SMILES string of the molecule is CSc1ccc(Cl)cc1C(=O)C(=O)O. The van der Waals surface area contributed by atoms with Crippen LogP contribution in [0.15, 0.2) is 23.1 Å². The molecule has 0 radical (unpaired) electrons. The van der Waals surface area contributed by atoms with Gasteiger partial charge in [-0.15, -0.1) is 11.8 Å². The van der Waals surface area contributed by atoms with Gasteiger partial charge in [-0.1, -0.05) is 11.6 Å². The van der Waals surface area contributed by atoms with Crippen molar-refractivity contribution in [1.82, 2.24) is 0 Å². The van der Waals surface area contributed by atoms with Gasteiger partial charge in [-0.25, -0.2) is 4.79 Å². The Morgan fingerprint density at radius 1 is 1.43 bits per heavy atom. The number of Topliss-reactive ketones (excluding diaryl/α,β-unsaturated/α-hetero) is 1. The lowest BCUT2D eigenvalue weighted by atomic mass is 10.1. The van der Waals surface area contributed by atoms with E-state index in [0.717, 1.165) is 0 Å². The van der Waals surface area contributed by atoms with Crippen LogP contribution in [-0.4, -0.2) is 23.1 Å². The van der Waals surface area contributed by atoms with E-state index in [4.69, 9.17) is 16.7 Å². The van der Waals surface area contributed by atoms with Gasteiger partial charge in [0.15, 0.2) is 0 Å². The van der Waals surface area contributed by atoms with Crippen molar-refractivity contribution in [2.75, 3.05) is 6.26 Å². The number of carbonyl (C=O) groups is 2. The first-order valence-corrected chi connectivity index (χ1v) is 5.27. The molecule has 5 heteroatoms. The molecule has 0 fully saturated rings. The summed E-state index contributed by atoms with van der Waals surface area (Å²) in [5.74, 6) is -2.40. The molecule has 0 bridgehead atoms. The highest BCUT2D eigenvalue weighted by atomic mass is 35.5. The first kappa shape index (κ1) is 11.1. The Morgan fingerprint density at radius 2 is 2.07 bits per heavy atom. The maximum atomic E-state index is 11.2. The Bertz CT molecular complexity index is 390. The maximum Gasteiger partial charge on any atom is 0.377 e. The van der Waals surface area contributed by atoms with E-state index in [9.17, 15) is 9.59 Å². The number of carbonyl (C=O) groups excluding carboxylic acids is 1. The zero-order valence-corrected chi connectivity index (χ0v) is 8.85. The van der Waals surface area contributed by atoms with Crippen LogP contribution in [0, 0.1) is 0 Å². The van der Waals surface area contributed by atoms with E-state index in [0.29, 0.717) is 9.92 Å². The molecule has 3 nitrogen and oxygen atoms in total. The Hall–Kier alpha value is -1.00. The van der Waals surface area contributed by atoms with Crippen LogP contribution in [0.3, 0.4) is 0 Å². The molecule has 0 atom stereocenters. The molecular weight excluding hydrogens is 224 g/mol. The summed E-state index contributed by atoms with van der Waals surface area (Å²) in [6.45, 7) is 0. The molecule has 0 unspecified atom stereocenters. The second-order valence-corrected chi connectivity index (χ2v) is 3.76. The van der Waals surface area contributed by atoms with Crippen molar-refractivity contribution < 1.29 is 14.7 Å². The minimum Gasteiger partial charge on any atom is -0.475 e. The van der Waals surface area contributed by atoms with Gasteiger partial charge in [0.05, 0.1) is 0 Å². The van der Waals surface area contributed by atoms with Gasteiger partial charge in [-0.2, -0.15) is 0 Å². The standard InChI is InChI=1S/C9H7ClO3S/c1-14-7-3-2-5(10)4-6(7)8(11)9(12)13/h2-4H,1H3,(H,12,13). The van der Waals surface area contributed by atoms with Gasteiger partial charge in [0, 0.05) is 15.5 Å². The van der Waals surface area contributed by atoms with Gasteiger partial charge >= 0.3 is 5.97 Å². The second-order valence-electron chi connectivity index (χ2n) is 2.48. The summed E-state index contributed by atoms with van der Waals surface area (Å²) in [6.07, 6.45) is 1.77. The van der Waals surface area contributed by atoms with Crippen LogP contribution >= 0.6 is 23.4 Å². The quantitative estimate of drug-likeness (QED) is 0.492. The normalized spacial score (nSPS) is 9.86. The van der Waals surface area contributed by atoms with Crippen LogP contribution in [-0.2, 0) is 4.79 Å². The summed E-state index contributed by atoms with van der Waals surface area (Å²) in [5, 5.41) is 8.90. The Kier molecular flexibility index (Phi) is 3.55. The number of thioether (sulfide) groups is 1. The van der Waals surface area contributed by atoms with Gasteiger partial charge in [0.1, 0.15) is 0 Å². The molecule has 0 saturated carbocycles. The van der Waals surface area contributed by atoms with E-state index in [1.165, 1.54) is 17.8 Å². The highest BCUT2D eigenvalue weighted by molar-refractivity contribution is 7.98. The van der Waals surface area contributed by atoms with E-state index in [-0.39, 0.29) is 5.56 Å². The van der Waals surface area contributed by atoms with Crippen LogP contribution in [0.1, 0.15) is 10.4 Å². The van der Waals surface area contributed by atoms with Crippen molar-refractivity contribution in [3.63, 3.8) is 0 Å². The Labute approximate surface area is 90.1 Å². The predicted molar refractivity (Wildman–Crippen MR) is 55.2 cm³/mol. The van der Waals surface area contributed by atoms with Gasteiger partial charge in [-0.05, 0) is 24.5 Å². The molecule has 0 spiro atoms. The van der Waals surface area contributed by atoms with E-state index in [1.807, 2.05) is 0 Å².